The van der Waals surface area contributed by atoms with E-state index >= 15 is 0 Å². The predicted octanol–water partition coefficient (Wildman–Crippen LogP) is 2.75. The average Bonchev–Trinajstić information content (AvgIpc) is 3.52. The lowest BCUT2D eigenvalue weighted by molar-refractivity contribution is -0.750. The Kier molecular flexibility index (Phi) is 6.87. The van der Waals surface area contributed by atoms with E-state index in [2.05, 4.69) is 15.3 Å². The van der Waals surface area contributed by atoms with Crippen molar-refractivity contribution in [3.8, 4) is 0 Å². The summed E-state index contributed by atoms with van der Waals surface area (Å²) in [5, 5.41) is 2.78. The van der Waals surface area contributed by atoms with E-state index in [0.717, 1.165) is 29.8 Å². The molecule has 3 N–H and O–H groups in total. The number of pyridine rings is 1. The van der Waals surface area contributed by atoms with Gasteiger partial charge in [0.25, 0.3) is 11.7 Å². The highest BCUT2D eigenvalue weighted by molar-refractivity contribution is 6.05. The molecule has 0 aliphatic carbocycles. The Bertz CT molecular complexity index is 1350. The van der Waals surface area contributed by atoms with E-state index < -0.39 is 0 Å². The molecule has 4 heterocycles. The van der Waals surface area contributed by atoms with E-state index in [9.17, 15) is 9.59 Å². The van der Waals surface area contributed by atoms with Crippen molar-refractivity contribution in [3.05, 3.63) is 95.7 Å². The summed E-state index contributed by atoms with van der Waals surface area (Å²) in [7, 11) is 1.59. The summed E-state index contributed by atoms with van der Waals surface area (Å²) < 4.78 is 4.86. The Balaban J connectivity index is 1.42. The van der Waals surface area contributed by atoms with E-state index in [1.807, 2.05) is 17.0 Å². The van der Waals surface area contributed by atoms with Gasteiger partial charge in [-0.2, -0.15) is 10.8 Å². The maximum absolute atomic E-state index is 12.9. The van der Waals surface area contributed by atoms with Gasteiger partial charge < -0.3 is 15.0 Å². The van der Waals surface area contributed by atoms with Crippen molar-refractivity contribution in [1.29, 1.82) is 0 Å². The number of rotatable bonds is 7. The molecule has 10 heteroatoms. The third-order valence-electron chi connectivity index (χ3n) is 6.51. The molecule has 0 radical (unpaired) electrons. The highest BCUT2D eigenvalue weighted by Crippen LogP contribution is 2.37. The quantitative estimate of drug-likeness (QED) is 0.345. The predicted molar refractivity (Wildman–Crippen MR) is 140 cm³/mol. The van der Waals surface area contributed by atoms with Gasteiger partial charge >= 0.3 is 0 Å². The molecule has 37 heavy (non-hydrogen) atoms. The molecule has 2 aromatic rings. The molecule has 5 rings (SSSR count). The number of likely N-dealkylation sites (tertiary alicyclic amines) is 1. The van der Waals surface area contributed by atoms with Gasteiger partial charge in [-0.3, -0.25) is 14.6 Å². The number of nitrogens with one attached hydrogen (secondary N) is 1. The van der Waals surface area contributed by atoms with Gasteiger partial charge in [-0.25, -0.2) is 4.98 Å². The largest absolute Gasteiger partial charge is 0.381 e. The summed E-state index contributed by atoms with van der Waals surface area (Å²) in [5.41, 5.74) is 2.70. The first-order chi connectivity index (χ1) is 18.0. The number of nitrogens with zero attached hydrogens (tertiary/aromatic N) is 5. The lowest BCUT2D eigenvalue weighted by Crippen LogP contribution is -2.53. The Morgan fingerprint density at radius 2 is 2.08 bits per heavy atom. The highest BCUT2D eigenvalue weighted by Gasteiger charge is 2.48. The SMILES string of the molecule is COCC=CC(=O)N1CCCC1C1=C2C=NC=C[N+]2(N)C(c2ccc(C(=O)Nc3ccccn3)cc2)=N1. The molecule has 188 valence electrons. The van der Waals surface area contributed by atoms with Crippen molar-refractivity contribution in [3.63, 3.8) is 0 Å². The van der Waals surface area contributed by atoms with Crippen molar-refractivity contribution in [1.82, 2.24) is 9.88 Å². The molecule has 2 unspecified atom stereocenters. The maximum Gasteiger partial charge on any atom is 0.264 e. The molecule has 1 aromatic carbocycles. The summed E-state index contributed by atoms with van der Waals surface area (Å²) in [5.74, 6) is 7.59. The van der Waals surface area contributed by atoms with Crippen molar-refractivity contribution < 1.29 is 18.9 Å². The molecule has 1 aromatic heterocycles. The summed E-state index contributed by atoms with van der Waals surface area (Å²) >= 11 is 0. The summed E-state index contributed by atoms with van der Waals surface area (Å²) in [6, 6.07) is 12.2. The smallest absolute Gasteiger partial charge is 0.264 e. The number of carbonyl (C=O) groups is 2. The van der Waals surface area contributed by atoms with Gasteiger partial charge in [-0.15, -0.1) is 4.59 Å². The molecule has 0 spiro atoms. The third-order valence-corrected chi connectivity index (χ3v) is 6.51. The van der Waals surface area contributed by atoms with Crippen LogP contribution in [0.3, 0.4) is 0 Å². The summed E-state index contributed by atoms with van der Waals surface area (Å²) in [4.78, 5) is 40.8. The van der Waals surface area contributed by atoms with Crippen LogP contribution in [0.15, 0.2) is 94.6 Å². The van der Waals surface area contributed by atoms with Gasteiger partial charge in [0.2, 0.25) is 11.6 Å². The van der Waals surface area contributed by atoms with E-state index in [1.54, 1.807) is 74.4 Å². The molecule has 1 saturated heterocycles. The lowest BCUT2D eigenvalue weighted by Gasteiger charge is -2.27. The van der Waals surface area contributed by atoms with Crippen molar-refractivity contribution in [2.45, 2.75) is 18.9 Å². The van der Waals surface area contributed by atoms with E-state index in [-0.39, 0.29) is 22.4 Å². The summed E-state index contributed by atoms with van der Waals surface area (Å²) in [6.07, 6.45) is 11.6. The highest BCUT2D eigenvalue weighted by atomic mass is 16.5. The zero-order chi connectivity index (χ0) is 25.8. The molecule has 3 aliphatic heterocycles. The fourth-order valence-electron chi connectivity index (χ4n) is 4.70. The van der Waals surface area contributed by atoms with E-state index in [4.69, 9.17) is 15.6 Å². The minimum absolute atomic E-state index is 0.0852. The van der Waals surface area contributed by atoms with Crippen LogP contribution in [0, 0.1) is 0 Å². The average molecular weight is 499 g/mol. The fourth-order valence-corrected chi connectivity index (χ4v) is 4.70. The lowest BCUT2D eigenvalue weighted by atomic mass is 10.1. The van der Waals surface area contributed by atoms with Crippen molar-refractivity contribution in [2.24, 2.45) is 15.8 Å². The normalized spacial score (nSPS) is 22.5. The molecular weight excluding hydrogens is 470 g/mol. The minimum atomic E-state index is -0.263. The molecule has 1 fully saturated rings. The summed E-state index contributed by atoms with van der Waals surface area (Å²) in [6.45, 7) is 1.01. The van der Waals surface area contributed by atoms with E-state index in [0.29, 0.717) is 30.4 Å². The zero-order valence-corrected chi connectivity index (χ0v) is 20.4. The van der Waals surface area contributed by atoms with Crippen LogP contribution in [-0.4, -0.2) is 64.6 Å². The Hall–Kier alpha value is -4.25. The maximum atomic E-state index is 12.9. The molecule has 0 bridgehead atoms. The van der Waals surface area contributed by atoms with Gasteiger partial charge in [-0.1, -0.05) is 12.1 Å². The Morgan fingerprint density at radius 3 is 2.84 bits per heavy atom. The topological polar surface area (TPSA) is 122 Å². The van der Waals surface area contributed by atoms with Gasteiger partial charge in [0.1, 0.15) is 17.7 Å². The number of amidine groups is 1. The number of quaternary nitrogens is 1. The number of hydrogen-bond donors (Lipinski definition) is 2. The number of nitrogens with two attached hydrogens (primary N) is 1. The number of hydrogen-bond acceptors (Lipinski definition) is 7. The number of allylic oxidation sites excluding steroid dienone is 1. The molecule has 3 aliphatic rings. The van der Waals surface area contributed by atoms with Crippen LogP contribution in [0.5, 0.6) is 0 Å². The first kappa shape index (κ1) is 24.4. The number of anilines is 1. The van der Waals surface area contributed by atoms with Crippen LogP contribution >= 0.6 is 0 Å². The van der Waals surface area contributed by atoms with Crippen LogP contribution in [0.25, 0.3) is 0 Å². The van der Waals surface area contributed by atoms with Gasteiger partial charge in [-0.05, 0) is 49.2 Å². The number of methoxy groups -OCH3 is 1. The number of fused-ring (bicyclic) bond motifs is 1. The standard InChI is InChI=1S/C27H27N7O3/c1-37-17-5-8-24(35)33-15-4-6-21(33)25-22-18-29-14-16-34(22,28)26(32-25)19-9-11-20(12-10-19)27(36)31-23-7-2-3-13-30-23/h2-3,5,7-14,16,18,21H,4,6,15,17,28H2,1H3/p+1. The second-order valence-electron chi connectivity index (χ2n) is 8.85. The van der Waals surface area contributed by atoms with Crippen LogP contribution in [-0.2, 0) is 9.53 Å². The van der Waals surface area contributed by atoms with Crippen molar-refractivity contribution in [2.75, 3.05) is 25.6 Å². The van der Waals surface area contributed by atoms with Crippen LogP contribution in [0.4, 0.5) is 5.82 Å². The molecule has 2 amide bonds. The number of ether oxygens (including phenoxy) is 1. The first-order valence-electron chi connectivity index (χ1n) is 12.0. The molecule has 0 saturated carbocycles. The second-order valence-corrected chi connectivity index (χ2v) is 8.85. The number of aromatic nitrogens is 1. The second kappa shape index (κ2) is 10.4. The van der Waals surface area contributed by atoms with Gasteiger partial charge in [0, 0.05) is 31.5 Å². The number of carbonyl (C=O) groups excluding carboxylic acids is 2. The number of benzene rings is 1. The molecule has 2 atom stereocenters. The first-order valence-corrected chi connectivity index (χ1v) is 12.0. The molecule has 10 nitrogen and oxygen atoms in total. The number of amides is 2. The van der Waals surface area contributed by atoms with E-state index in [1.165, 1.54) is 0 Å². The van der Waals surface area contributed by atoms with Crippen LogP contribution in [0.2, 0.25) is 0 Å². The molecular formula is C27H28N7O3+. The van der Waals surface area contributed by atoms with Crippen molar-refractivity contribution >= 4 is 29.7 Å². The Morgan fingerprint density at radius 1 is 1.24 bits per heavy atom. The minimum Gasteiger partial charge on any atom is -0.381 e. The Labute approximate surface area is 214 Å². The van der Waals surface area contributed by atoms with Gasteiger partial charge in [0.05, 0.1) is 30.6 Å². The number of aliphatic imine (C=N–C) groups is 2. The van der Waals surface area contributed by atoms with Gasteiger partial charge in [0.15, 0.2) is 0 Å². The fraction of sp³-hybridized carbons (Fsp3) is 0.222. The monoisotopic (exact) mass is 498 g/mol. The zero-order valence-electron chi connectivity index (χ0n) is 20.4. The third kappa shape index (κ3) is 4.77. The van der Waals surface area contributed by atoms with Crippen LogP contribution in [0.1, 0.15) is 28.8 Å². The van der Waals surface area contributed by atoms with Crippen LogP contribution < -0.4 is 11.2 Å².